The number of aryl methyl sites for hydroxylation is 1. The van der Waals surface area contributed by atoms with Crippen LogP contribution < -0.4 is 10.6 Å². The Kier molecular flexibility index (Phi) is 0.799. The van der Waals surface area contributed by atoms with Crippen LogP contribution in [0.25, 0.3) is 12.2 Å². The van der Waals surface area contributed by atoms with Gasteiger partial charge in [0.2, 0.25) is 0 Å². The third-order valence-electron chi connectivity index (χ3n) is 2.57. The first-order valence-corrected chi connectivity index (χ1v) is 4.00. The Hall–Kier alpha value is -1.05. The molecule has 0 amide bonds. The lowest BCUT2D eigenvalue weighted by molar-refractivity contribution is 0.388. The van der Waals surface area contributed by atoms with Crippen LogP contribution in [0.3, 0.4) is 0 Å². The molecule has 2 nitrogen and oxygen atoms in total. The van der Waals surface area contributed by atoms with Gasteiger partial charge in [0.25, 0.3) is 0 Å². The molecule has 0 bridgehead atoms. The molecule has 1 saturated carbocycles. The summed E-state index contributed by atoms with van der Waals surface area (Å²) in [5.74, 6) is 1.55. The van der Waals surface area contributed by atoms with E-state index in [1.807, 2.05) is 6.92 Å². The summed E-state index contributed by atoms with van der Waals surface area (Å²) in [7, 11) is 0. The standard InChI is InChI=1S/C9H9NO/c1-5-8-3-6-2-7(6)4-9(8)11-10-5/h3-4,6-7H,2H2,1H3. The maximum atomic E-state index is 5.15. The molecule has 56 valence electrons. The van der Waals surface area contributed by atoms with E-state index in [0.29, 0.717) is 0 Å². The molecule has 0 aromatic carbocycles. The first-order chi connectivity index (χ1) is 5.34. The zero-order chi connectivity index (χ0) is 7.42. The molecule has 1 aromatic heterocycles. The lowest BCUT2D eigenvalue weighted by Crippen LogP contribution is -2.24. The fourth-order valence-corrected chi connectivity index (χ4v) is 1.74. The first-order valence-electron chi connectivity index (χ1n) is 4.00. The Labute approximate surface area is 64.2 Å². The van der Waals surface area contributed by atoms with Crippen LogP contribution in [0.2, 0.25) is 0 Å². The van der Waals surface area contributed by atoms with Gasteiger partial charge in [0.05, 0.1) is 5.69 Å². The van der Waals surface area contributed by atoms with Gasteiger partial charge in [0.15, 0.2) is 5.42 Å². The Morgan fingerprint density at radius 2 is 2.27 bits per heavy atom. The van der Waals surface area contributed by atoms with Crippen LogP contribution >= 0.6 is 0 Å². The lowest BCUT2D eigenvalue weighted by atomic mass is 10.1. The zero-order valence-corrected chi connectivity index (χ0v) is 6.37. The highest BCUT2D eigenvalue weighted by molar-refractivity contribution is 5.47. The third kappa shape index (κ3) is 0.642. The van der Waals surface area contributed by atoms with Gasteiger partial charge in [0, 0.05) is 5.22 Å². The van der Waals surface area contributed by atoms with Gasteiger partial charge in [-0.1, -0.05) is 11.2 Å². The highest BCUT2D eigenvalue weighted by atomic mass is 16.5. The maximum Gasteiger partial charge on any atom is 0.163 e. The molecule has 0 saturated heterocycles. The summed E-state index contributed by atoms with van der Waals surface area (Å²) < 4.78 is 5.15. The summed E-state index contributed by atoms with van der Waals surface area (Å²) in [6.45, 7) is 2.00. The highest BCUT2D eigenvalue weighted by Gasteiger charge is 2.35. The molecule has 1 heterocycles. The van der Waals surface area contributed by atoms with Gasteiger partial charge < -0.3 is 4.52 Å². The summed E-state index contributed by atoms with van der Waals surface area (Å²) in [6, 6.07) is 0. The SMILES string of the molecule is Cc1noc2c1=CC1CC1C=2. The predicted octanol–water partition coefficient (Wildman–Crippen LogP) is 0.194. The van der Waals surface area contributed by atoms with Crippen molar-refractivity contribution < 1.29 is 4.52 Å². The van der Waals surface area contributed by atoms with Crippen molar-refractivity contribution in [1.82, 2.24) is 5.16 Å². The van der Waals surface area contributed by atoms with Gasteiger partial charge in [-0.2, -0.15) is 0 Å². The molecule has 2 unspecified atom stereocenters. The molecule has 0 aliphatic heterocycles. The van der Waals surface area contributed by atoms with Gasteiger partial charge in [-0.3, -0.25) is 0 Å². The summed E-state index contributed by atoms with van der Waals surface area (Å²) in [5.41, 5.74) is 2.02. The van der Waals surface area contributed by atoms with E-state index in [2.05, 4.69) is 17.3 Å². The Morgan fingerprint density at radius 3 is 3.18 bits per heavy atom. The molecule has 11 heavy (non-hydrogen) atoms. The number of nitrogens with zero attached hydrogens (tertiary/aromatic N) is 1. The van der Waals surface area contributed by atoms with E-state index in [1.165, 1.54) is 11.6 Å². The molecule has 0 spiro atoms. The molecule has 1 fully saturated rings. The molecule has 2 aliphatic carbocycles. The van der Waals surface area contributed by atoms with Crippen molar-refractivity contribution in [2.45, 2.75) is 13.3 Å². The average molecular weight is 147 g/mol. The summed E-state index contributed by atoms with van der Waals surface area (Å²) in [4.78, 5) is 0. The van der Waals surface area contributed by atoms with E-state index >= 15 is 0 Å². The van der Waals surface area contributed by atoms with Crippen LogP contribution in [0.4, 0.5) is 0 Å². The summed E-state index contributed by atoms with van der Waals surface area (Å²) in [5, 5.41) is 5.14. The largest absolute Gasteiger partial charge is 0.356 e. The Bertz CT molecular complexity index is 415. The maximum absolute atomic E-state index is 5.15. The van der Waals surface area contributed by atoms with E-state index < -0.39 is 0 Å². The van der Waals surface area contributed by atoms with Gasteiger partial charge in [0.1, 0.15) is 0 Å². The third-order valence-corrected chi connectivity index (χ3v) is 2.57. The second kappa shape index (κ2) is 1.58. The number of hydrogen-bond donors (Lipinski definition) is 0. The van der Waals surface area contributed by atoms with Gasteiger partial charge in [-0.05, 0) is 31.3 Å². The molecular weight excluding hydrogens is 138 g/mol. The molecule has 0 radical (unpaired) electrons. The van der Waals surface area contributed by atoms with Crippen LogP contribution in [0.1, 0.15) is 12.1 Å². The minimum absolute atomic E-state index is 0.759. The predicted molar refractivity (Wildman–Crippen MR) is 41.0 cm³/mol. The monoisotopic (exact) mass is 147 g/mol. The van der Waals surface area contributed by atoms with Crippen LogP contribution in [0, 0.1) is 18.8 Å². The van der Waals surface area contributed by atoms with Gasteiger partial charge >= 0.3 is 0 Å². The van der Waals surface area contributed by atoms with Crippen LogP contribution in [-0.4, -0.2) is 5.16 Å². The Balaban J connectivity index is 2.45. The average Bonchev–Trinajstić information content (AvgIpc) is 2.68. The van der Waals surface area contributed by atoms with Crippen molar-refractivity contribution in [1.29, 1.82) is 0 Å². The van der Waals surface area contributed by atoms with E-state index in [9.17, 15) is 0 Å². The van der Waals surface area contributed by atoms with Crippen LogP contribution in [0.5, 0.6) is 0 Å². The fraction of sp³-hybridized carbons (Fsp3) is 0.444. The van der Waals surface area contributed by atoms with E-state index in [-0.39, 0.29) is 0 Å². The van der Waals surface area contributed by atoms with Crippen molar-refractivity contribution in [2.24, 2.45) is 11.8 Å². The van der Waals surface area contributed by atoms with Crippen LogP contribution in [0.15, 0.2) is 4.52 Å². The normalized spacial score (nSPS) is 31.4. The van der Waals surface area contributed by atoms with Crippen molar-refractivity contribution in [3.8, 4) is 0 Å². The number of hydrogen-bond acceptors (Lipinski definition) is 2. The number of fused-ring (bicyclic) bond motifs is 2. The molecule has 0 N–H and O–H groups in total. The highest BCUT2D eigenvalue weighted by Crippen LogP contribution is 2.41. The van der Waals surface area contributed by atoms with Gasteiger partial charge in [-0.25, -0.2) is 0 Å². The quantitative estimate of drug-likeness (QED) is 0.523. The van der Waals surface area contributed by atoms with E-state index in [4.69, 9.17) is 4.52 Å². The molecule has 1 aromatic rings. The van der Waals surface area contributed by atoms with Crippen molar-refractivity contribution in [2.75, 3.05) is 0 Å². The summed E-state index contributed by atoms with van der Waals surface area (Å²) in [6.07, 6.45) is 5.81. The molecular formula is C9H9NO. The van der Waals surface area contributed by atoms with Crippen molar-refractivity contribution >= 4 is 12.2 Å². The Morgan fingerprint density at radius 1 is 1.45 bits per heavy atom. The number of aromatic nitrogens is 1. The molecule has 2 heteroatoms. The molecule has 2 atom stereocenters. The van der Waals surface area contributed by atoms with Crippen molar-refractivity contribution in [3.63, 3.8) is 0 Å². The van der Waals surface area contributed by atoms with E-state index in [1.54, 1.807) is 0 Å². The second-order valence-electron chi connectivity index (χ2n) is 3.44. The van der Waals surface area contributed by atoms with Gasteiger partial charge in [-0.15, -0.1) is 0 Å². The van der Waals surface area contributed by atoms with E-state index in [0.717, 1.165) is 22.9 Å². The minimum atomic E-state index is 0.759. The molecule has 2 aliphatic rings. The minimum Gasteiger partial charge on any atom is -0.356 e. The van der Waals surface area contributed by atoms with Crippen LogP contribution in [-0.2, 0) is 0 Å². The fourth-order valence-electron chi connectivity index (χ4n) is 1.74. The lowest BCUT2D eigenvalue weighted by Gasteiger charge is -1.89. The summed E-state index contributed by atoms with van der Waals surface area (Å²) >= 11 is 0. The molecule has 3 rings (SSSR count). The van der Waals surface area contributed by atoms with Crippen molar-refractivity contribution in [3.05, 3.63) is 16.3 Å². The zero-order valence-electron chi connectivity index (χ0n) is 6.37. The first kappa shape index (κ1) is 5.58. The number of rotatable bonds is 0. The smallest absolute Gasteiger partial charge is 0.163 e. The second-order valence-corrected chi connectivity index (χ2v) is 3.44. The topological polar surface area (TPSA) is 26.0 Å².